The van der Waals surface area contributed by atoms with Gasteiger partial charge in [0, 0.05) is 13.2 Å². The average Bonchev–Trinajstić information content (AvgIpc) is 2.46. The third-order valence-electron chi connectivity index (χ3n) is 4.23. The van der Waals surface area contributed by atoms with Crippen LogP contribution in [0.4, 0.5) is 0 Å². The van der Waals surface area contributed by atoms with Gasteiger partial charge in [-0.25, -0.2) is 4.79 Å². The highest BCUT2D eigenvalue weighted by Gasteiger charge is 2.15. The first-order valence-electron chi connectivity index (χ1n) is 9.23. The Kier molecular flexibility index (Phi) is 11.7. The van der Waals surface area contributed by atoms with Crippen LogP contribution in [-0.2, 0) is 14.3 Å². The molecule has 0 heterocycles. The Hall–Kier alpha value is -1.09. The van der Waals surface area contributed by atoms with Gasteiger partial charge in [-0.1, -0.05) is 45.8 Å². The Bertz CT molecular complexity index is 405. The summed E-state index contributed by atoms with van der Waals surface area (Å²) in [6.07, 6.45) is 11.1. The average molecular weight is 339 g/mol. The number of rotatable bonds is 12. The van der Waals surface area contributed by atoms with Gasteiger partial charge >= 0.3 is 5.97 Å². The Morgan fingerprint density at radius 2 is 1.83 bits per heavy atom. The normalized spacial score (nSPS) is 14.4. The summed E-state index contributed by atoms with van der Waals surface area (Å²) in [5.74, 6) is 0.950. The lowest BCUT2D eigenvalue weighted by Gasteiger charge is -2.23. The van der Waals surface area contributed by atoms with Crippen molar-refractivity contribution in [2.75, 3.05) is 13.7 Å². The van der Waals surface area contributed by atoms with Crippen LogP contribution in [0.2, 0.25) is 0 Å². The van der Waals surface area contributed by atoms with Crippen molar-refractivity contribution < 1.29 is 14.3 Å². The van der Waals surface area contributed by atoms with Crippen LogP contribution in [0.5, 0.6) is 0 Å². The van der Waals surface area contributed by atoms with E-state index in [2.05, 4.69) is 40.7 Å². The van der Waals surface area contributed by atoms with E-state index < -0.39 is 0 Å². The summed E-state index contributed by atoms with van der Waals surface area (Å²) in [4.78, 5) is 11.7. The molecular formula is C21H38O3. The van der Waals surface area contributed by atoms with Gasteiger partial charge in [-0.3, -0.25) is 0 Å². The van der Waals surface area contributed by atoms with Crippen molar-refractivity contribution in [3.63, 3.8) is 0 Å². The predicted octanol–water partition coefficient (Wildman–Crippen LogP) is 5.70. The summed E-state index contributed by atoms with van der Waals surface area (Å²) in [5.41, 5.74) is 0.919. The van der Waals surface area contributed by atoms with E-state index in [1.807, 2.05) is 13.0 Å². The second-order valence-corrected chi connectivity index (χ2v) is 7.84. The van der Waals surface area contributed by atoms with Gasteiger partial charge in [0.15, 0.2) is 0 Å². The monoisotopic (exact) mass is 338 g/mol. The molecule has 0 aromatic rings. The van der Waals surface area contributed by atoms with E-state index in [1.165, 1.54) is 12.8 Å². The minimum absolute atomic E-state index is 0.0230. The van der Waals surface area contributed by atoms with Crippen molar-refractivity contribution in [3.05, 3.63) is 23.8 Å². The molecule has 0 aliphatic carbocycles. The van der Waals surface area contributed by atoms with E-state index in [1.54, 1.807) is 13.2 Å². The zero-order valence-corrected chi connectivity index (χ0v) is 16.9. The highest BCUT2D eigenvalue weighted by molar-refractivity contribution is 5.83. The lowest BCUT2D eigenvalue weighted by Crippen LogP contribution is -2.22. The zero-order valence-electron chi connectivity index (χ0n) is 16.9. The van der Waals surface area contributed by atoms with E-state index in [0.29, 0.717) is 18.4 Å². The quantitative estimate of drug-likeness (QED) is 0.260. The molecule has 1 unspecified atom stereocenters. The molecule has 1 atom stereocenters. The number of carbonyl (C=O) groups excluding carboxylic acids is 1. The van der Waals surface area contributed by atoms with E-state index in [0.717, 1.165) is 24.8 Å². The Balaban J connectivity index is 4.02. The molecule has 0 fully saturated rings. The number of carbonyl (C=O) groups is 1. The molecule has 0 amide bonds. The lowest BCUT2D eigenvalue weighted by molar-refractivity contribution is -0.138. The molecule has 140 valence electrons. The van der Waals surface area contributed by atoms with Gasteiger partial charge in [-0.05, 0) is 57.4 Å². The number of hydrogen-bond acceptors (Lipinski definition) is 3. The SMILES string of the molecule is COC(C)(C)CCCC(C)C/C=C/C(C)=C/C(=O)OCCC(C)C. The molecule has 0 rings (SSSR count). The number of ether oxygens (including phenoxy) is 2. The van der Waals surface area contributed by atoms with Gasteiger partial charge in [0.05, 0.1) is 12.2 Å². The van der Waals surface area contributed by atoms with Gasteiger partial charge in [0.1, 0.15) is 0 Å². The standard InChI is InChI=1S/C21H38O3/c1-17(2)13-15-24-20(22)16-19(4)11-8-10-18(3)12-9-14-21(5,6)23-7/h8,11,16-18H,9-10,12-15H2,1-7H3/b11-8+,19-16+. The second kappa shape index (κ2) is 12.3. The number of hydrogen-bond donors (Lipinski definition) is 0. The molecule has 0 N–H and O–H groups in total. The van der Waals surface area contributed by atoms with Crippen LogP contribution in [0, 0.1) is 11.8 Å². The topological polar surface area (TPSA) is 35.5 Å². The molecule has 0 aromatic carbocycles. The van der Waals surface area contributed by atoms with Crippen molar-refractivity contribution in [1.82, 2.24) is 0 Å². The maximum absolute atomic E-state index is 11.7. The first-order valence-corrected chi connectivity index (χ1v) is 9.23. The third kappa shape index (κ3) is 13.4. The summed E-state index contributed by atoms with van der Waals surface area (Å²) in [5, 5.41) is 0. The molecule has 0 bridgehead atoms. The van der Waals surface area contributed by atoms with Gasteiger partial charge in [-0.15, -0.1) is 0 Å². The number of esters is 1. The summed E-state index contributed by atoms with van der Waals surface area (Å²) in [6, 6.07) is 0. The Labute approximate surface area is 149 Å². The zero-order chi connectivity index (χ0) is 18.6. The third-order valence-corrected chi connectivity index (χ3v) is 4.23. The van der Waals surface area contributed by atoms with Crippen LogP contribution in [0.3, 0.4) is 0 Å². The molecule has 0 radical (unpaired) electrons. The first-order chi connectivity index (χ1) is 11.2. The predicted molar refractivity (Wildman–Crippen MR) is 102 cm³/mol. The Morgan fingerprint density at radius 1 is 1.17 bits per heavy atom. The fraction of sp³-hybridized carbons (Fsp3) is 0.762. The molecule has 3 nitrogen and oxygen atoms in total. The fourth-order valence-electron chi connectivity index (χ4n) is 2.25. The number of allylic oxidation sites excluding steroid dienone is 3. The summed E-state index contributed by atoms with van der Waals surface area (Å²) in [7, 11) is 1.77. The van der Waals surface area contributed by atoms with E-state index in [4.69, 9.17) is 9.47 Å². The maximum atomic E-state index is 11.7. The van der Waals surface area contributed by atoms with Crippen molar-refractivity contribution in [2.45, 2.75) is 79.2 Å². The van der Waals surface area contributed by atoms with Crippen molar-refractivity contribution >= 4 is 5.97 Å². The Morgan fingerprint density at radius 3 is 2.42 bits per heavy atom. The number of methoxy groups -OCH3 is 1. The van der Waals surface area contributed by atoms with Gasteiger partial charge in [0.25, 0.3) is 0 Å². The molecule has 0 aromatic heterocycles. The summed E-state index contributed by atoms with van der Waals surface area (Å²) >= 11 is 0. The van der Waals surface area contributed by atoms with E-state index in [9.17, 15) is 4.79 Å². The van der Waals surface area contributed by atoms with Crippen LogP contribution in [0.15, 0.2) is 23.8 Å². The van der Waals surface area contributed by atoms with E-state index in [-0.39, 0.29) is 11.6 Å². The van der Waals surface area contributed by atoms with Gasteiger partial charge in [0.2, 0.25) is 0 Å². The summed E-state index contributed by atoms with van der Waals surface area (Å²) in [6.45, 7) is 13.2. The minimum Gasteiger partial charge on any atom is -0.463 e. The molecule has 0 spiro atoms. The molecular weight excluding hydrogens is 300 g/mol. The summed E-state index contributed by atoms with van der Waals surface area (Å²) < 4.78 is 10.6. The van der Waals surface area contributed by atoms with Crippen molar-refractivity contribution in [3.8, 4) is 0 Å². The highest BCUT2D eigenvalue weighted by atomic mass is 16.5. The first kappa shape index (κ1) is 22.9. The smallest absolute Gasteiger partial charge is 0.331 e. The van der Waals surface area contributed by atoms with Crippen LogP contribution in [-0.4, -0.2) is 25.3 Å². The largest absolute Gasteiger partial charge is 0.463 e. The fourth-order valence-corrected chi connectivity index (χ4v) is 2.25. The van der Waals surface area contributed by atoms with Crippen LogP contribution in [0.25, 0.3) is 0 Å². The highest BCUT2D eigenvalue weighted by Crippen LogP contribution is 2.20. The molecule has 3 heteroatoms. The molecule has 24 heavy (non-hydrogen) atoms. The maximum Gasteiger partial charge on any atom is 0.331 e. The van der Waals surface area contributed by atoms with Crippen molar-refractivity contribution in [2.24, 2.45) is 11.8 Å². The minimum atomic E-state index is -0.243. The van der Waals surface area contributed by atoms with Crippen molar-refractivity contribution in [1.29, 1.82) is 0 Å². The molecule has 0 aliphatic rings. The van der Waals surface area contributed by atoms with Gasteiger partial charge in [-0.2, -0.15) is 0 Å². The van der Waals surface area contributed by atoms with E-state index >= 15 is 0 Å². The van der Waals surface area contributed by atoms with Crippen LogP contribution in [0.1, 0.15) is 73.6 Å². The van der Waals surface area contributed by atoms with Crippen LogP contribution < -0.4 is 0 Å². The molecule has 0 aliphatic heterocycles. The molecule has 0 saturated carbocycles. The second-order valence-electron chi connectivity index (χ2n) is 7.84. The van der Waals surface area contributed by atoms with Gasteiger partial charge < -0.3 is 9.47 Å². The molecule has 0 saturated heterocycles. The lowest BCUT2D eigenvalue weighted by atomic mass is 9.95. The van der Waals surface area contributed by atoms with Crippen LogP contribution >= 0.6 is 0 Å².